The quantitative estimate of drug-likeness (QED) is 0.762. The molecular weight excluding hydrogens is 307 g/mol. The van der Waals surface area contributed by atoms with Gasteiger partial charge >= 0.3 is 0 Å². The molecule has 112 valence electrons. The first-order chi connectivity index (χ1) is 9.80. The van der Waals surface area contributed by atoms with Crippen molar-refractivity contribution in [3.8, 4) is 0 Å². The highest BCUT2D eigenvalue weighted by Gasteiger charge is 2.35. The van der Waals surface area contributed by atoms with Crippen LogP contribution in [0.3, 0.4) is 0 Å². The minimum absolute atomic E-state index is 0.0130. The molecule has 0 fully saturated rings. The third-order valence-electron chi connectivity index (χ3n) is 3.02. The van der Waals surface area contributed by atoms with Crippen LogP contribution in [0.5, 0.6) is 0 Å². The molecule has 2 aromatic rings. The molecule has 2 rings (SSSR count). The maximum atomic E-state index is 13.7. The Kier molecular flexibility index (Phi) is 4.74. The van der Waals surface area contributed by atoms with Crippen LogP contribution in [0.1, 0.15) is 19.4 Å². The van der Waals surface area contributed by atoms with Crippen molar-refractivity contribution in [2.75, 3.05) is 0 Å². The van der Waals surface area contributed by atoms with Crippen molar-refractivity contribution in [1.29, 1.82) is 0 Å². The summed E-state index contributed by atoms with van der Waals surface area (Å²) in [5, 5.41) is -2.27. The first-order valence-electron chi connectivity index (χ1n) is 6.51. The van der Waals surface area contributed by atoms with E-state index >= 15 is 0 Å². The second kappa shape index (κ2) is 6.20. The zero-order valence-corrected chi connectivity index (χ0v) is 13.5. The second-order valence-corrected chi connectivity index (χ2v) is 8.61. The van der Waals surface area contributed by atoms with Gasteiger partial charge in [-0.15, -0.1) is 11.8 Å². The van der Waals surface area contributed by atoms with Gasteiger partial charge in [-0.05, 0) is 43.7 Å². The van der Waals surface area contributed by atoms with Gasteiger partial charge in [-0.3, -0.25) is 0 Å². The van der Waals surface area contributed by atoms with Crippen molar-refractivity contribution in [3.63, 3.8) is 0 Å². The molecule has 0 amide bonds. The Morgan fingerprint density at radius 1 is 1.00 bits per heavy atom. The lowest BCUT2D eigenvalue weighted by Crippen LogP contribution is -2.26. The van der Waals surface area contributed by atoms with Gasteiger partial charge in [0.05, 0.1) is 4.90 Å². The largest absolute Gasteiger partial charge is 0.227 e. The van der Waals surface area contributed by atoms with Crippen molar-refractivity contribution in [2.45, 2.75) is 34.4 Å². The molecule has 21 heavy (non-hydrogen) atoms. The monoisotopic (exact) mass is 324 g/mol. The van der Waals surface area contributed by atoms with Crippen LogP contribution in [0.15, 0.2) is 64.4 Å². The Labute approximate surface area is 129 Å². The fourth-order valence-electron chi connectivity index (χ4n) is 1.74. The highest BCUT2D eigenvalue weighted by Crippen LogP contribution is 2.29. The zero-order valence-electron chi connectivity index (χ0n) is 11.9. The number of hydrogen-bond acceptors (Lipinski definition) is 3. The van der Waals surface area contributed by atoms with Crippen molar-refractivity contribution in [3.05, 3.63) is 60.2 Å². The predicted octanol–water partition coefficient (Wildman–Crippen LogP) is 4.46. The van der Waals surface area contributed by atoms with Crippen LogP contribution in [0, 0.1) is 0 Å². The standard InChI is InChI=1S/C16H17FO2S2/c1-16(2,17)21(18,19)15-10-8-14(9-11-15)20-12-13-6-4-3-5-7-13/h3-11H,12H2,1-2H3. The summed E-state index contributed by atoms with van der Waals surface area (Å²) in [6, 6.07) is 16.4. The van der Waals surface area contributed by atoms with Crippen LogP contribution in [0.4, 0.5) is 4.39 Å². The molecule has 0 aliphatic rings. The van der Waals surface area contributed by atoms with Crippen molar-refractivity contribution in [1.82, 2.24) is 0 Å². The summed E-state index contributed by atoms with van der Waals surface area (Å²) in [6.45, 7) is 2.11. The number of thioether (sulfide) groups is 1. The highest BCUT2D eigenvalue weighted by atomic mass is 32.2. The molecule has 0 unspecified atom stereocenters. The lowest BCUT2D eigenvalue weighted by Gasteiger charge is -2.15. The maximum Gasteiger partial charge on any atom is 0.212 e. The molecule has 0 bridgehead atoms. The number of hydrogen-bond donors (Lipinski definition) is 0. The molecule has 0 saturated heterocycles. The maximum absolute atomic E-state index is 13.7. The third-order valence-corrected chi connectivity index (χ3v) is 6.28. The second-order valence-electron chi connectivity index (χ2n) is 5.11. The van der Waals surface area contributed by atoms with Gasteiger partial charge < -0.3 is 0 Å². The lowest BCUT2D eigenvalue weighted by molar-refractivity contribution is 0.319. The van der Waals surface area contributed by atoms with Crippen LogP contribution in [-0.2, 0) is 15.6 Å². The summed E-state index contributed by atoms with van der Waals surface area (Å²) in [5.41, 5.74) is 1.20. The van der Waals surface area contributed by atoms with E-state index in [9.17, 15) is 12.8 Å². The van der Waals surface area contributed by atoms with Gasteiger partial charge in [-0.25, -0.2) is 12.8 Å². The van der Waals surface area contributed by atoms with Crippen LogP contribution >= 0.6 is 11.8 Å². The SMILES string of the molecule is CC(C)(F)S(=O)(=O)c1ccc(SCc2ccccc2)cc1. The van der Waals surface area contributed by atoms with Crippen molar-refractivity contribution in [2.24, 2.45) is 0 Å². The van der Waals surface area contributed by atoms with E-state index in [0.717, 1.165) is 24.5 Å². The fourth-order valence-corrected chi connectivity index (χ4v) is 3.65. The minimum Gasteiger partial charge on any atom is -0.227 e. The molecule has 0 radical (unpaired) electrons. The molecule has 0 spiro atoms. The van der Waals surface area contributed by atoms with E-state index in [0.29, 0.717) is 0 Å². The lowest BCUT2D eigenvalue weighted by atomic mass is 10.2. The number of alkyl halides is 1. The van der Waals surface area contributed by atoms with E-state index < -0.39 is 14.8 Å². The van der Waals surface area contributed by atoms with Crippen LogP contribution < -0.4 is 0 Å². The fraction of sp³-hybridized carbons (Fsp3) is 0.250. The van der Waals surface area contributed by atoms with Gasteiger partial charge in [0.1, 0.15) is 0 Å². The summed E-state index contributed by atoms with van der Waals surface area (Å²) in [4.78, 5) is 0.966. The predicted molar refractivity (Wildman–Crippen MR) is 84.8 cm³/mol. The molecule has 0 N–H and O–H groups in total. The molecule has 2 nitrogen and oxygen atoms in total. The molecule has 5 heteroatoms. The molecule has 0 aliphatic carbocycles. The van der Waals surface area contributed by atoms with E-state index in [2.05, 4.69) is 0 Å². The normalized spacial score (nSPS) is 12.3. The molecular formula is C16H17FO2S2. The van der Waals surface area contributed by atoms with Gasteiger partial charge in [0.2, 0.25) is 14.8 Å². The van der Waals surface area contributed by atoms with Gasteiger partial charge in [0.25, 0.3) is 0 Å². The van der Waals surface area contributed by atoms with Gasteiger partial charge in [-0.2, -0.15) is 0 Å². The van der Waals surface area contributed by atoms with E-state index in [1.54, 1.807) is 23.9 Å². The summed E-state index contributed by atoms with van der Waals surface area (Å²) in [6.07, 6.45) is 0. The first kappa shape index (κ1) is 16.0. The van der Waals surface area contributed by atoms with Crippen LogP contribution in [-0.4, -0.2) is 13.4 Å². The average molecular weight is 324 g/mol. The van der Waals surface area contributed by atoms with Gasteiger partial charge in [0, 0.05) is 10.6 Å². The van der Waals surface area contributed by atoms with Crippen molar-refractivity contribution >= 4 is 21.6 Å². The van der Waals surface area contributed by atoms with E-state index in [-0.39, 0.29) is 4.90 Å². The third kappa shape index (κ3) is 3.86. The van der Waals surface area contributed by atoms with Gasteiger partial charge in [0.15, 0.2) is 0 Å². The zero-order chi connectivity index (χ0) is 15.5. The molecule has 0 aliphatic heterocycles. The summed E-state index contributed by atoms with van der Waals surface area (Å²) >= 11 is 1.61. The number of sulfone groups is 1. The van der Waals surface area contributed by atoms with Crippen LogP contribution in [0.2, 0.25) is 0 Å². The molecule has 0 heterocycles. The van der Waals surface area contributed by atoms with Crippen LogP contribution in [0.25, 0.3) is 0 Å². The molecule has 0 atom stereocenters. The molecule has 0 saturated carbocycles. The Balaban J connectivity index is 2.10. The van der Waals surface area contributed by atoms with E-state index in [4.69, 9.17) is 0 Å². The van der Waals surface area contributed by atoms with Crippen molar-refractivity contribution < 1.29 is 12.8 Å². The van der Waals surface area contributed by atoms with Gasteiger partial charge in [-0.1, -0.05) is 30.3 Å². The summed E-state index contributed by atoms with van der Waals surface area (Å²) in [7, 11) is -3.94. The number of halogens is 1. The average Bonchev–Trinajstić information content (AvgIpc) is 2.45. The minimum atomic E-state index is -3.94. The molecule has 0 aromatic heterocycles. The molecule has 2 aromatic carbocycles. The Bertz CT molecular complexity index is 687. The Morgan fingerprint density at radius 3 is 2.10 bits per heavy atom. The van der Waals surface area contributed by atoms with E-state index in [1.165, 1.54) is 17.7 Å². The summed E-state index contributed by atoms with van der Waals surface area (Å²) < 4.78 is 37.7. The number of benzene rings is 2. The summed E-state index contributed by atoms with van der Waals surface area (Å²) in [5.74, 6) is 0.807. The Morgan fingerprint density at radius 2 is 1.57 bits per heavy atom. The topological polar surface area (TPSA) is 34.1 Å². The Hall–Kier alpha value is -1.33. The highest BCUT2D eigenvalue weighted by molar-refractivity contribution is 7.98. The van der Waals surface area contributed by atoms with E-state index in [1.807, 2.05) is 30.3 Å². The first-order valence-corrected chi connectivity index (χ1v) is 8.98. The number of rotatable bonds is 5. The smallest absolute Gasteiger partial charge is 0.212 e.